The Kier molecular flexibility index (Phi) is 4.54. The first-order chi connectivity index (χ1) is 11.4. The SMILES string of the molecule is O=c1c2cc(Cl)cc(Cl)c2ncn1CC(O)c1ccc(F)cc1F. The van der Waals surface area contributed by atoms with E-state index < -0.39 is 23.3 Å². The molecule has 0 saturated heterocycles. The van der Waals surface area contributed by atoms with Crippen molar-refractivity contribution in [3.63, 3.8) is 0 Å². The molecular weight excluding hydrogens is 361 g/mol. The molecule has 1 unspecified atom stereocenters. The van der Waals surface area contributed by atoms with Crippen LogP contribution in [-0.2, 0) is 6.54 Å². The summed E-state index contributed by atoms with van der Waals surface area (Å²) >= 11 is 11.9. The average Bonchev–Trinajstić information content (AvgIpc) is 2.50. The van der Waals surface area contributed by atoms with Crippen molar-refractivity contribution in [3.05, 3.63) is 74.3 Å². The van der Waals surface area contributed by atoms with Crippen molar-refractivity contribution in [1.29, 1.82) is 0 Å². The number of hydrogen-bond donors (Lipinski definition) is 1. The average molecular weight is 371 g/mol. The third kappa shape index (κ3) is 3.13. The summed E-state index contributed by atoms with van der Waals surface area (Å²) in [4.78, 5) is 16.6. The number of benzene rings is 2. The molecule has 0 amide bonds. The number of nitrogens with zero attached hydrogens (tertiary/aromatic N) is 2. The fourth-order valence-electron chi connectivity index (χ4n) is 2.38. The highest BCUT2D eigenvalue weighted by molar-refractivity contribution is 6.38. The first-order valence-corrected chi connectivity index (χ1v) is 7.59. The Bertz CT molecular complexity index is 992. The molecule has 1 N–H and O–H groups in total. The fraction of sp³-hybridized carbons (Fsp3) is 0.125. The molecule has 0 radical (unpaired) electrons. The summed E-state index contributed by atoms with van der Waals surface area (Å²) in [6.07, 6.45) is -0.146. The van der Waals surface area contributed by atoms with Gasteiger partial charge in [-0.3, -0.25) is 9.36 Å². The summed E-state index contributed by atoms with van der Waals surface area (Å²) < 4.78 is 27.8. The van der Waals surface area contributed by atoms with Gasteiger partial charge in [0.15, 0.2) is 0 Å². The van der Waals surface area contributed by atoms with Crippen molar-refractivity contribution in [2.24, 2.45) is 0 Å². The molecule has 4 nitrogen and oxygen atoms in total. The third-order valence-electron chi connectivity index (χ3n) is 3.54. The lowest BCUT2D eigenvalue weighted by molar-refractivity contribution is 0.150. The Morgan fingerprint density at radius 2 is 1.96 bits per heavy atom. The van der Waals surface area contributed by atoms with Gasteiger partial charge in [-0.15, -0.1) is 0 Å². The first-order valence-electron chi connectivity index (χ1n) is 6.84. The van der Waals surface area contributed by atoms with Crippen LogP contribution in [0.3, 0.4) is 0 Å². The van der Waals surface area contributed by atoms with Gasteiger partial charge in [0, 0.05) is 16.7 Å². The number of halogens is 4. The Labute approximate surface area is 144 Å². The van der Waals surface area contributed by atoms with Crippen LogP contribution in [0.5, 0.6) is 0 Å². The van der Waals surface area contributed by atoms with Gasteiger partial charge in [0.05, 0.1) is 34.9 Å². The predicted molar refractivity (Wildman–Crippen MR) is 87.3 cm³/mol. The first kappa shape index (κ1) is 16.8. The molecule has 0 bridgehead atoms. The molecule has 0 aliphatic carbocycles. The van der Waals surface area contributed by atoms with Crippen LogP contribution in [0.4, 0.5) is 8.78 Å². The van der Waals surface area contributed by atoms with E-state index in [1.807, 2.05) is 0 Å². The standard InChI is InChI=1S/C16H10Cl2F2N2O2/c17-8-3-11-15(12(18)4-8)21-7-22(16(11)24)6-14(23)10-2-1-9(19)5-13(10)20/h1-5,7,14,23H,6H2. The van der Waals surface area contributed by atoms with E-state index in [2.05, 4.69) is 4.98 Å². The van der Waals surface area contributed by atoms with Gasteiger partial charge in [0.1, 0.15) is 11.6 Å². The molecule has 0 spiro atoms. The van der Waals surface area contributed by atoms with Crippen molar-refractivity contribution in [2.75, 3.05) is 0 Å². The van der Waals surface area contributed by atoms with Gasteiger partial charge >= 0.3 is 0 Å². The van der Waals surface area contributed by atoms with Crippen molar-refractivity contribution < 1.29 is 13.9 Å². The van der Waals surface area contributed by atoms with Gasteiger partial charge in [-0.25, -0.2) is 13.8 Å². The minimum Gasteiger partial charge on any atom is -0.386 e. The highest BCUT2D eigenvalue weighted by Crippen LogP contribution is 2.24. The number of aliphatic hydroxyl groups excluding tert-OH is 1. The van der Waals surface area contributed by atoms with Crippen LogP contribution in [0.2, 0.25) is 10.0 Å². The van der Waals surface area contributed by atoms with Gasteiger partial charge in [-0.05, 0) is 18.2 Å². The van der Waals surface area contributed by atoms with E-state index in [1.54, 1.807) is 0 Å². The van der Waals surface area contributed by atoms with Crippen LogP contribution in [0.25, 0.3) is 10.9 Å². The van der Waals surface area contributed by atoms with Crippen LogP contribution in [0, 0.1) is 11.6 Å². The zero-order valence-electron chi connectivity index (χ0n) is 12.0. The third-order valence-corrected chi connectivity index (χ3v) is 4.04. The maximum Gasteiger partial charge on any atom is 0.261 e. The highest BCUT2D eigenvalue weighted by atomic mass is 35.5. The molecular formula is C16H10Cl2F2N2O2. The van der Waals surface area contributed by atoms with E-state index >= 15 is 0 Å². The van der Waals surface area contributed by atoms with Crippen LogP contribution in [0.1, 0.15) is 11.7 Å². The minimum atomic E-state index is -1.35. The smallest absolute Gasteiger partial charge is 0.261 e. The largest absolute Gasteiger partial charge is 0.386 e. The molecule has 0 fully saturated rings. The molecule has 1 atom stereocenters. The summed E-state index contributed by atoms with van der Waals surface area (Å²) in [6.45, 7) is -0.255. The second-order valence-corrected chi connectivity index (χ2v) is 6.01. The van der Waals surface area contributed by atoms with E-state index in [1.165, 1.54) is 18.5 Å². The van der Waals surface area contributed by atoms with Gasteiger partial charge in [0.25, 0.3) is 5.56 Å². The predicted octanol–water partition coefficient (Wildman–Crippen LogP) is 3.72. The summed E-state index contributed by atoms with van der Waals surface area (Å²) in [6, 6.07) is 5.70. The number of aromatic nitrogens is 2. The normalized spacial score (nSPS) is 12.5. The van der Waals surface area contributed by atoms with Crippen LogP contribution in [0.15, 0.2) is 41.5 Å². The molecule has 0 aliphatic rings. The zero-order valence-corrected chi connectivity index (χ0v) is 13.5. The molecule has 2 aromatic carbocycles. The number of hydrogen-bond acceptors (Lipinski definition) is 3. The van der Waals surface area contributed by atoms with Gasteiger partial charge in [-0.2, -0.15) is 0 Å². The number of fused-ring (bicyclic) bond motifs is 1. The summed E-state index contributed by atoms with van der Waals surface area (Å²) in [5.41, 5.74) is -0.316. The van der Waals surface area contributed by atoms with Crippen molar-refractivity contribution >= 4 is 34.1 Å². The summed E-state index contributed by atoms with van der Waals surface area (Å²) in [7, 11) is 0. The van der Waals surface area contributed by atoms with Crippen LogP contribution < -0.4 is 5.56 Å². The van der Waals surface area contributed by atoms with Crippen LogP contribution >= 0.6 is 23.2 Å². The van der Waals surface area contributed by atoms with E-state index in [0.29, 0.717) is 6.07 Å². The van der Waals surface area contributed by atoms with E-state index in [9.17, 15) is 18.7 Å². The monoisotopic (exact) mass is 370 g/mol. The Hall–Kier alpha value is -2.02. The zero-order chi connectivity index (χ0) is 17.4. The highest BCUT2D eigenvalue weighted by Gasteiger charge is 2.16. The molecule has 8 heteroatoms. The van der Waals surface area contributed by atoms with Gasteiger partial charge in [0.2, 0.25) is 0 Å². The van der Waals surface area contributed by atoms with Crippen molar-refractivity contribution in [1.82, 2.24) is 9.55 Å². The molecule has 124 valence electrons. The fourth-order valence-corrected chi connectivity index (χ4v) is 2.92. The Morgan fingerprint density at radius 1 is 1.21 bits per heavy atom. The summed E-state index contributed by atoms with van der Waals surface area (Å²) in [5, 5.41) is 10.8. The maximum atomic E-state index is 13.7. The number of aliphatic hydroxyl groups is 1. The molecule has 0 saturated carbocycles. The molecule has 3 rings (SSSR count). The van der Waals surface area contributed by atoms with Crippen molar-refractivity contribution in [2.45, 2.75) is 12.6 Å². The topological polar surface area (TPSA) is 55.1 Å². The summed E-state index contributed by atoms with van der Waals surface area (Å²) in [5.74, 6) is -1.65. The van der Waals surface area contributed by atoms with E-state index in [-0.39, 0.29) is 33.1 Å². The Balaban J connectivity index is 2.01. The maximum absolute atomic E-state index is 13.7. The van der Waals surface area contributed by atoms with Crippen molar-refractivity contribution in [3.8, 4) is 0 Å². The molecule has 0 aliphatic heterocycles. The van der Waals surface area contributed by atoms with Gasteiger partial charge in [-0.1, -0.05) is 29.3 Å². The second-order valence-electron chi connectivity index (χ2n) is 5.17. The number of rotatable bonds is 3. The lowest BCUT2D eigenvalue weighted by Crippen LogP contribution is -2.24. The lowest BCUT2D eigenvalue weighted by atomic mass is 10.1. The minimum absolute atomic E-state index is 0.118. The molecule has 24 heavy (non-hydrogen) atoms. The van der Waals surface area contributed by atoms with E-state index in [0.717, 1.165) is 16.7 Å². The van der Waals surface area contributed by atoms with Gasteiger partial charge < -0.3 is 5.11 Å². The molecule has 3 aromatic rings. The van der Waals surface area contributed by atoms with E-state index in [4.69, 9.17) is 23.2 Å². The lowest BCUT2D eigenvalue weighted by Gasteiger charge is -2.14. The van der Waals surface area contributed by atoms with Crippen LogP contribution in [-0.4, -0.2) is 14.7 Å². The molecule has 1 aromatic heterocycles. The second kappa shape index (κ2) is 6.47. The quantitative estimate of drug-likeness (QED) is 0.764. The molecule has 1 heterocycles. The Morgan fingerprint density at radius 3 is 2.67 bits per heavy atom.